The van der Waals surface area contributed by atoms with Gasteiger partial charge in [-0.2, -0.15) is 5.26 Å². The van der Waals surface area contributed by atoms with Gasteiger partial charge >= 0.3 is 0 Å². The van der Waals surface area contributed by atoms with Crippen molar-refractivity contribution >= 4 is 34.4 Å². The van der Waals surface area contributed by atoms with Gasteiger partial charge < -0.3 is 15.4 Å². The molecule has 2 aromatic carbocycles. The summed E-state index contributed by atoms with van der Waals surface area (Å²) in [6.45, 7) is 0.574. The van der Waals surface area contributed by atoms with E-state index < -0.39 is 41.1 Å². The Bertz CT molecular complexity index is 1540. The predicted molar refractivity (Wildman–Crippen MR) is 147 cm³/mol. The van der Waals surface area contributed by atoms with Crippen LogP contribution < -0.4 is 10.6 Å². The van der Waals surface area contributed by atoms with Crippen molar-refractivity contribution < 1.29 is 27.5 Å². The normalized spacial score (nSPS) is 21.8. The van der Waals surface area contributed by atoms with E-state index in [0.717, 1.165) is 18.7 Å². The molecule has 3 aromatic rings. The number of alkyl halides is 2. The first-order valence-electron chi connectivity index (χ1n) is 12.6. The first-order valence-corrected chi connectivity index (χ1v) is 13.6. The van der Waals surface area contributed by atoms with Crippen molar-refractivity contribution in [2.45, 2.75) is 30.9 Å². The Balaban J connectivity index is 1.43. The number of benzene rings is 2. The summed E-state index contributed by atoms with van der Waals surface area (Å²) in [5, 5.41) is 14.5. The molecule has 12 heteroatoms. The highest BCUT2D eigenvalue weighted by molar-refractivity contribution is 8.13. The van der Waals surface area contributed by atoms with Crippen LogP contribution in [0.4, 0.5) is 18.9 Å². The summed E-state index contributed by atoms with van der Waals surface area (Å²) in [7, 11) is 0. The van der Waals surface area contributed by atoms with E-state index in [0.29, 0.717) is 11.1 Å². The molecule has 2 N–H and O–H groups in total. The van der Waals surface area contributed by atoms with Crippen LogP contribution in [0, 0.1) is 23.1 Å². The molecule has 0 aliphatic carbocycles. The number of carbonyl (C=O) groups is 2. The second-order valence-corrected chi connectivity index (χ2v) is 10.9. The summed E-state index contributed by atoms with van der Waals surface area (Å²) < 4.78 is 49.8. The van der Waals surface area contributed by atoms with Gasteiger partial charge in [0.05, 0.1) is 17.7 Å². The van der Waals surface area contributed by atoms with Gasteiger partial charge in [-0.15, -0.1) is 0 Å². The van der Waals surface area contributed by atoms with E-state index in [1.165, 1.54) is 36.5 Å². The van der Waals surface area contributed by atoms with Crippen molar-refractivity contribution in [3.05, 3.63) is 95.1 Å². The highest BCUT2D eigenvalue weighted by atomic mass is 32.2. The van der Waals surface area contributed by atoms with Crippen LogP contribution in [0.25, 0.3) is 0 Å². The van der Waals surface area contributed by atoms with Gasteiger partial charge in [0.2, 0.25) is 0 Å². The van der Waals surface area contributed by atoms with Gasteiger partial charge in [0.1, 0.15) is 23.7 Å². The minimum absolute atomic E-state index is 0.0541. The third kappa shape index (κ3) is 6.11. The van der Waals surface area contributed by atoms with Crippen molar-refractivity contribution in [1.29, 1.82) is 5.26 Å². The number of amides is 2. The fraction of sp³-hybridized carbons (Fsp3) is 0.276. The maximum Gasteiger partial charge on any atom is 0.274 e. The number of thioether (sulfide) groups is 1. The first-order chi connectivity index (χ1) is 19.6. The number of ether oxygens (including phenoxy) is 1. The monoisotopic (exact) mass is 579 g/mol. The highest BCUT2D eigenvalue weighted by Crippen LogP contribution is 2.47. The van der Waals surface area contributed by atoms with Crippen LogP contribution >= 0.6 is 11.8 Å². The molecule has 210 valence electrons. The molecule has 1 saturated heterocycles. The van der Waals surface area contributed by atoms with E-state index >= 15 is 4.39 Å². The Morgan fingerprint density at radius 3 is 2.61 bits per heavy atom. The number of pyridine rings is 1. The number of nitrogens with one attached hydrogen (secondary N) is 2. The Labute approximate surface area is 238 Å². The largest absolute Gasteiger partial charge is 0.369 e. The summed E-state index contributed by atoms with van der Waals surface area (Å²) in [5.74, 6) is -5.36. The molecule has 8 nitrogen and oxygen atoms in total. The number of halogens is 3. The van der Waals surface area contributed by atoms with Crippen LogP contribution in [0.1, 0.15) is 38.9 Å². The van der Waals surface area contributed by atoms with E-state index in [9.17, 15) is 18.4 Å². The van der Waals surface area contributed by atoms with Gasteiger partial charge in [0.15, 0.2) is 5.17 Å². The summed E-state index contributed by atoms with van der Waals surface area (Å²) in [6, 6.07) is 17.2. The van der Waals surface area contributed by atoms with Crippen LogP contribution in [0.15, 0.2) is 71.9 Å². The zero-order valence-corrected chi connectivity index (χ0v) is 22.6. The number of hydrogen-bond acceptors (Lipinski definition) is 7. The first kappa shape index (κ1) is 28.3. The molecular formula is C29H24F3N5O3S. The minimum atomic E-state index is -3.17. The molecule has 0 radical (unpaired) electrons. The molecular weight excluding hydrogens is 555 g/mol. The smallest absolute Gasteiger partial charge is 0.274 e. The standard InChI is InChI=1S/C29H24F3N5O3S/c1-28(31,32)24-21-15-41-27(36-25(38)18-5-3-2-4-6-18)37-29(21,16-40-24)12-19-11-20(8-9-22(19)30)35-26(39)23-10-7-17(13-33)14-34-23/h2-11,14,21,24H,12,15-16H2,1H3,(H,35,39)(H,36,37,38)/t21-,24?,29+/m1/s1. The van der Waals surface area contributed by atoms with Gasteiger partial charge in [-0.3, -0.25) is 14.6 Å². The van der Waals surface area contributed by atoms with E-state index in [1.807, 2.05) is 6.07 Å². The van der Waals surface area contributed by atoms with Crippen LogP contribution in [-0.4, -0.2) is 51.9 Å². The van der Waals surface area contributed by atoms with Gasteiger partial charge in [0.25, 0.3) is 17.7 Å². The van der Waals surface area contributed by atoms with Gasteiger partial charge in [-0.25, -0.2) is 18.2 Å². The Kier molecular flexibility index (Phi) is 7.84. The lowest BCUT2D eigenvalue weighted by Gasteiger charge is -2.37. The second-order valence-electron chi connectivity index (χ2n) is 9.93. The number of nitriles is 1. The molecule has 1 unspecified atom stereocenters. The summed E-state index contributed by atoms with van der Waals surface area (Å²) in [5.41, 5.74) is -0.147. The molecule has 0 bridgehead atoms. The number of fused-ring (bicyclic) bond motifs is 1. The average Bonchev–Trinajstić information content (AvgIpc) is 3.34. The third-order valence-corrected chi connectivity index (χ3v) is 7.97. The molecule has 5 rings (SSSR count). The van der Waals surface area contributed by atoms with Gasteiger partial charge in [-0.05, 0) is 48.0 Å². The van der Waals surface area contributed by atoms with Crippen LogP contribution in [0.5, 0.6) is 0 Å². The number of carbonyl (C=O) groups excluding carboxylic acids is 2. The Hall–Kier alpha value is -4.21. The quantitative estimate of drug-likeness (QED) is 0.432. The maximum atomic E-state index is 15.1. The molecule has 0 saturated carbocycles. The number of nitrogens with zero attached hydrogens (tertiary/aromatic N) is 3. The number of aliphatic imine (C=N–C) groups is 1. The van der Waals surface area contributed by atoms with Crippen molar-refractivity contribution in [2.75, 3.05) is 17.7 Å². The van der Waals surface area contributed by atoms with E-state index in [2.05, 4.69) is 15.6 Å². The van der Waals surface area contributed by atoms with Gasteiger partial charge in [0, 0.05) is 42.5 Å². The number of aromatic nitrogens is 1. The Morgan fingerprint density at radius 1 is 1.15 bits per heavy atom. The van der Waals surface area contributed by atoms with Crippen LogP contribution in [0.2, 0.25) is 0 Å². The van der Waals surface area contributed by atoms with Crippen molar-refractivity contribution in [3.8, 4) is 6.07 Å². The number of amidine groups is 1. The maximum absolute atomic E-state index is 15.1. The van der Waals surface area contributed by atoms with Crippen LogP contribution in [0.3, 0.4) is 0 Å². The highest BCUT2D eigenvalue weighted by Gasteiger charge is 2.58. The summed E-state index contributed by atoms with van der Waals surface area (Å²) in [6.07, 6.45) is -0.295. The van der Waals surface area contributed by atoms with E-state index in [4.69, 9.17) is 15.0 Å². The summed E-state index contributed by atoms with van der Waals surface area (Å²) in [4.78, 5) is 34.1. The fourth-order valence-electron chi connectivity index (χ4n) is 4.95. The SMILES string of the molecule is CC(F)(F)C1OC[C@]2(Cc3cc(NC(=O)c4ccc(C#N)cn4)ccc3F)N=C(NC(=O)c3ccccc3)SC[C@H]12. The number of hydrogen-bond donors (Lipinski definition) is 2. The lowest BCUT2D eigenvalue weighted by atomic mass is 9.78. The molecule has 3 heterocycles. The number of anilines is 1. The molecule has 0 spiro atoms. The summed E-state index contributed by atoms with van der Waals surface area (Å²) >= 11 is 1.13. The van der Waals surface area contributed by atoms with Crippen molar-refractivity contribution in [3.63, 3.8) is 0 Å². The number of rotatable bonds is 6. The van der Waals surface area contributed by atoms with E-state index in [1.54, 1.807) is 30.3 Å². The topological polar surface area (TPSA) is 116 Å². The second kappa shape index (κ2) is 11.3. The molecule has 2 aliphatic heterocycles. The minimum Gasteiger partial charge on any atom is -0.369 e. The van der Waals surface area contributed by atoms with Crippen molar-refractivity contribution in [2.24, 2.45) is 10.9 Å². The molecule has 1 fully saturated rings. The van der Waals surface area contributed by atoms with Crippen LogP contribution in [-0.2, 0) is 11.2 Å². The lowest BCUT2D eigenvalue weighted by Crippen LogP contribution is -2.50. The van der Waals surface area contributed by atoms with Crippen molar-refractivity contribution in [1.82, 2.24) is 10.3 Å². The zero-order valence-electron chi connectivity index (χ0n) is 21.7. The third-order valence-electron chi connectivity index (χ3n) is 6.97. The van der Waals surface area contributed by atoms with E-state index in [-0.39, 0.29) is 40.9 Å². The fourth-order valence-corrected chi connectivity index (χ4v) is 6.18. The zero-order chi connectivity index (χ0) is 29.2. The average molecular weight is 580 g/mol. The molecule has 41 heavy (non-hydrogen) atoms. The Morgan fingerprint density at radius 2 is 1.93 bits per heavy atom. The molecule has 1 aromatic heterocycles. The molecule has 2 amide bonds. The predicted octanol–water partition coefficient (Wildman–Crippen LogP) is 4.83. The lowest BCUT2D eigenvalue weighted by molar-refractivity contribution is -0.113. The molecule has 3 atom stereocenters. The van der Waals surface area contributed by atoms with Gasteiger partial charge in [-0.1, -0.05) is 30.0 Å². The molecule has 2 aliphatic rings.